The number of carbonyl (C=O) groups excluding carboxylic acids is 1. The molecule has 0 bridgehead atoms. The molecule has 7 nitrogen and oxygen atoms in total. The molecule has 1 aliphatic rings. The van der Waals surface area contributed by atoms with E-state index in [9.17, 15) is 23.2 Å². The van der Waals surface area contributed by atoms with E-state index >= 15 is 4.39 Å². The highest BCUT2D eigenvalue weighted by atomic mass is 19.1. The molecule has 11 heteroatoms. The highest BCUT2D eigenvalue weighted by Gasteiger charge is 2.41. The number of nitrogens with one attached hydrogen (secondary N) is 1. The smallest absolute Gasteiger partial charge is 0.249 e. The summed E-state index contributed by atoms with van der Waals surface area (Å²) in [5.41, 5.74) is 2.39. The number of hydrogen-bond donors (Lipinski definition) is 2. The topological polar surface area (TPSA) is 77.9 Å². The van der Waals surface area contributed by atoms with E-state index < -0.39 is 34.9 Å². The maximum atomic E-state index is 16.1. The van der Waals surface area contributed by atoms with Crippen molar-refractivity contribution < 1.29 is 32.3 Å². The average molecular weight is 577 g/mol. The molecule has 0 unspecified atom stereocenters. The molecule has 1 aliphatic heterocycles. The van der Waals surface area contributed by atoms with Crippen LogP contribution in [-0.2, 0) is 11.2 Å². The molecule has 2 N–H and O–H groups in total. The van der Waals surface area contributed by atoms with Crippen LogP contribution < -0.4 is 15.1 Å². The summed E-state index contributed by atoms with van der Waals surface area (Å²) in [4.78, 5) is 21.2. The zero-order chi connectivity index (χ0) is 29.7. The fourth-order valence-corrected chi connectivity index (χ4v) is 5.75. The van der Waals surface area contributed by atoms with Crippen molar-refractivity contribution >= 4 is 22.5 Å². The number of amides is 1. The number of ether oxygens (including phenoxy) is 1. The van der Waals surface area contributed by atoms with E-state index in [0.717, 1.165) is 0 Å². The molecule has 1 atom stereocenters. The first-order valence-corrected chi connectivity index (χ1v) is 13.7. The Morgan fingerprint density at radius 1 is 1.17 bits per heavy atom. The Hall–Kier alpha value is -3.44. The minimum atomic E-state index is -1.41. The highest BCUT2D eigenvalue weighted by Crippen LogP contribution is 2.43. The van der Waals surface area contributed by atoms with Crippen LogP contribution in [0.1, 0.15) is 49.4 Å². The van der Waals surface area contributed by atoms with Gasteiger partial charge in [-0.3, -0.25) is 15.0 Å². The summed E-state index contributed by atoms with van der Waals surface area (Å²) < 4.78 is 62.6. The minimum Gasteiger partial charge on any atom is -0.497 e. The second kappa shape index (κ2) is 13.0. The lowest BCUT2D eigenvalue weighted by Gasteiger charge is -2.40. The fourth-order valence-electron chi connectivity index (χ4n) is 5.75. The summed E-state index contributed by atoms with van der Waals surface area (Å²) in [6, 6.07) is 6.65. The van der Waals surface area contributed by atoms with Gasteiger partial charge in [-0.25, -0.2) is 23.0 Å². The van der Waals surface area contributed by atoms with Crippen molar-refractivity contribution in [1.29, 1.82) is 0 Å². The molecule has 2 aromatic carbocycles. The molecule has 1 saturated heterocycles. The summed E-state index contributed by atoms with van der Waals surface area (Å²) in [6.07, 6.45) is 1.81. The lowest BCUT2D eigenvalue weighted by molar-refractivity contribution is -0.143. The van der Waals surface area contributed by atoms with Gasteiger partial charge in [0.25, 0.3) is 0 Å². The first-order chi connectivity index (χ1) is 19.6. The molecule has 0 aliphatic carbocycles. The molecule has 41 heavy (non-hydrogen) atoms. The van der Waals surface area contributed by atoms with Crippen LogP contribution in [0.3, 0.4) is 0 Å². The third-order valence-corrected chi connectivity index (χ3v) is 8.17. The van der Waals surface area contributed by atoms with Gasteiger partial charge in [0, 0.05) is 42.7 Å². The van der Waals surface area contributed by atoms with Gasteiger partial charge in [-0.1, -0.05) is 0 Å². The number of rotatable bonds is 11. The van der Waals surface area contributed by atoms with Crippen molar-refractivity contribution in [2.24, 2.45) is 5.41 Å². The number of nitrogens with zero attached hydrogens (tertiary/aromatic N) is 3. The molecule has 3 aromatic rings. The SMILES string of the molecule is COc1ccc2ncc(N(C)C)c([C@H](F)CCC3(C(=O)NO)CCN(CCCc4c(F)cc(F)cc4F)CC3)c2c1. The summed E-state index contributed by atoms with van der Waals surface area (Å²) in [5, 5.41) is 10.2. The van der Waals surface area contributed by atoms with E-state index in [2.05, 4.69) is 9.88 Å². The van der Waals surface area contributed by atoms with Gasteiger partial charge in [0.2, 0.25) is 5.91 Å². The number of likely N-dealkylation sites (tertiary alicyclic amines) is 1. The van der Waals surface area contributed by atoms with Crippen LogP contribution in [0.2, 0.25) is 0 Å². The fraction of sp³-hybridized carbons (Fsp3) is 0.467. The van der Waals surface area contributed by atoms with E-state index in [1.807, 2.05) is 14.1 Å². The van der Waals surface area contributed by atoms with Gasteiger partial charge in [-0.15, -0.1) is 0 Å². The molecule has 0 saturated carbocycles. The van der Waals surface area contributed by atoms with Gasteiger partial charge < -0.3 is 14.5 Å². The van der Waals surface area contributed by atoms with E-state index in [1.165, 1.54) is 0 Å². The average Bonchev–Trinajstić information content (AvgIpc) is 2.96. The Morgan fingerprint density at radius 2 is 1.85 bits per heavy atom. The van der Waals surface area contributed by atoms with Crippen LogP contribution >= 0.6 is 0 Å². The number of carbonyl (C=O) groups is 1. The van der Waals surface area contributed by atoms with Crippen LogP contribution in [-0.4, -0.2) is 61.8 Å². The van der Waals surface area contributed by atoms with Crippen LogP contribution in [0.4, 0.5) is 23.2 Å². The van der Waals surface area contributed by atoms with Crippen LogP contribution in [0.25, 0.3) is 10.9 Å². The largest absolute Gasteiger partial charge is 0.497 e. The van der Waals surface area contributed by atoms with E-state index in [4.69, 9.17) is 4.74 Å². The zero-order valence-corrected chi connectivity index (χ0v) is 23.5. The Bertz CT molecular complexity index is 1360. The molecule has 222 valence electrons. The maximum absolute atomic E-state index is 16.1. The lowest BCUT2D eigenvalue weighted by atomic mass is 9.73. The number of pyridine rings is 1. The predicted octanol–water partition coefficient (Wildman–Crippen LogP) is 5.74. The highest BCUT2D eigenvalue weighted by molar-refractivity contribution is 5.88. The first-order valence-electron chi connectivity index (χ1n) is 13.7. The zero-order valence-electron chi connectivity index (χ0n) is 23.5. The van der Waals surface area contributed by atoms with Crippen molar-refractivity contribution in [3.8, 4) is 5.75 Å². The summed E-state index contributed by atoms with van der Waals surface area (Å²) in [6.45, 7) is 1.52. The summed E-state index contributed by atoms with van der Waals surface area (Å²) in [5.74, 6) is -2.73. The van der Waals surface area contributed by atoms with E-state index in [1.54, 1.807) is 41.9 Å². The van der Waals surface area contributed by atoms with Gasteiger partial charge in [0.1, 0.15) is 29.4 Å². The number of anilines is 1. The molecule has 1 amide bonds. The number of hydrogen-bond acceptors (Lipinski definition) is 6. The number of halogens is 4. The number of alkyl halides is 1. The van der Waals surface area contributed by atoms with E-state index in [0.29, 0.717) is 78.9 Å². The Balaban J connectivity index is 1.44. The predicted molar refractivity (Wildman–Crippen MR) is 148 cm³/mol. The molecule has 1 aromatic heterocycles. The second-order valence-corrected chi connectivity index (χ2v) is 10.9. The lowest BCUT2D eigenvalue weighted by Crippen LogP contribution is -2.48. The van der Waals surface area contributed by atoms with Crippen molar-refractivity contribution in [2.45, 2.75) is 44.7 Å². The minimum absolute atomic E-state index is 0.0493. The number of methoxy groups -OCH3 is 1. The molecular formula is C30H36F4N4O3. The normalized spacial score (nSPS) is 16.0. The standard InChI is InChI=1S/C30H36F4N4O3/c1-37(2)27-18-35-26-7-6-20(41-3)17-22(26)28(27)23(32)8-9-30(29(39)36-40)10-13-38(14-11-30)12-4-5-21-24(33)15-19(31)16-25(21)34/h6-7,15-18,23,40H,4-5,8-14H2,1-3H3,(H,36,39)/t23-/m1/s1. The van der Waals surface area contributed by atoms with Gasteiger partial charge >= 0.3 is 0 Å². The van der Waals surface area contributed by atoms with Gasteiger partial charge in [-0.05, 0) is 76.4 Å². The summed E-state index contributed by atoms with van der Waals surface area (Å²) >= 11 is 0. The van der Waals surface area contributed by atoms with Crippen LogP contribution in [0, 0.1) is 22.9 Å². The number of benzene rings is 2. The number of piperidine rings is 1. The number of fused-ring (bicyclic) bond motifs is 1. The quantitative estimate of drug-likeness (QED) is 0.172. The molecule has 0 spiro atoms. The third-order valence-electron chi connectivity index (χ3n) is 8.17. The first kappa shape index (κ1) is 30.5. The third kappa shape index (κ3) is 6.73. The summed E-state index contributed by atoms with van der Waals surface area (Å²) in [7, 11) is 5.17. The van der Waals surface area contributed by atoms with Crippen molar-refractivity contribution in [2.75, 3.05) is 45.7 Å². The Kier molecular flexibility index (Phi) is 9.70. The number of aromatic nitrogens is 1. The molecule has 4 rings (SSSR count). The molecule has 2 heterocycles. The molecule has 1 fully saturated rings. The number of hydroxylamine groups is 1. The molecule has 0 radical (unpaired) electrons. The Labute approximate surface area is 237 Å². The Morgan fingerprint density at radius 3 is 2.46 bits per heavy atom. The van der Waals surface area contributed by atoms with Crippen LogP contribution in [0.15, 0.2) is 36.5 Å². The van der Waals surface area contributed by atoms with Crippen molar-refractivity contribution in [1.82, 2.24) is 15.4 Å². The van der Waals surface area contributed by atoms with Crippen molar-refractivity contribution in [3.63, 3.8) is 0 Å². The second-order valence-electron chi connectivity index (χ2n) is 10.9. The van der Waals surface area contributed by atoms with Crippen molar-refractivity contribution in [3.05, 3.63) is 65.1 Å². The van der Waals surface area contributed by atoms with E-state index in [-0.39, 0.29) is 24.8 Å². The van der Waals surface area contributed by atoms with Crippen LogP contribution in [0.5, 0.6) is 5.75 Å². The van der Waals surface area contributed by atoms with Gasteiger partial charge in [-0.2, -0.15) is 0 Å². The monoisotopic (exact) mass is 576 g/mol. The maximum Gasteiger partial charge on any atom is 0.249 e. The van der Waals surface area contributed by atoms with Gasteiger partial charge in [0.15, 0.2) is 0 Å². The van der Waals surface area contributed by atoms with Gasteiger partial charge in [0.05, 0.1) is 29.9 Å². The molecular weight excluding hydrogens is 540 g/mol.